The fourth-order valence-corrected chi connectivity index (χ4v) is 2.70. The number of rotatable bonds is 6. The van der Waals surface area contributed by atoms with Gasteiger partial charge in [-0.05, 0) is 37.1 Å². The highest BCUT2D eigenvalue weighted by atomic mass is 127. The molecule has 0 spiro atoms. The molecule has 28 heavy (non-hydrogen) atoms. The highest BCUT2D eigenvalue weighted by Crippen LogP contribution is 2.21. The lowest BCUT2D eigenvalue weighted by Crippen LogP contribution is -2.22. The number of nitrogen functional groups attached to an aromatic ring is 1. The van der Waals surface area contributed by atoms with Crippen molar-refractivity contribution in [3.63, 3.8) is 0 Å². The van der Waals surface area contributed by atoms with Crippen LogP contribution >= 0.6 is 24.0 Å². The maximum atomic E-state index is 9.43. The topological polar surface area (TPSA) is 118 Å². The fourth-order valence-electron chi connectivity index (χ4n) is 2.70. The standard InChI is InChI=1S/C20H21N7.HI/c21-14-17-18(26-27(19(17)22)16-10-5-2-6-11-16)12-7-13-24-20(23)25-15-8-3-1-4-9-15;/h1-6,8-11H,7,12-13,22H2,(H3,23,24,25);1H. The first-order chi connectivity index (χ1) is 13.2. The van der Waals surface area contributed by atoms with E-state index in [1.54, 1.807) is 4.68 Å². The van der Waals surface area contributed by atoms with Crippen molar-refractivity contribution in [2.75, 3.05) is 17.6 Å². The number of hydrogen-bond acceptors (Lipinski definition) is 4. The van der Waals surface area contributed by atoms with Crippen LogP contribution in [0.15, 0.2) is 65.7 Å². The molecule has 1 aromatic heterocycles. The number of para-hydroxylation sites is 2. The molecule has 0 amide bonds. The molecule has 1 heterocycles. The molecule has 8 heteroatoms. The molecule has 3 rings (SSSR count). The third kappa shape index (κ3) is 5.23. The summed E-state index contributed by atoms with van der Waals surface area (Å²) in [4.78, 5) is 4.31. The number of guanidine groups is 1. The number of nitrogens with one attached hydrogen (secondary N) is 1. The highest BCUT2D eigenvalue weighted by molar-refractivity contribution is 14.0. The van der Waals surface area contributed by atoms with Crippen LogP contribution in [0.25, 0.3) is 5.69 Å². The minimum atomic E-state index is 0. The van der Waals surface area contributed by atoms with E-state index >= 15 is 0 Å². The Bertz CT molecular complexity index is 959. The van der Waals surface area contributed by atoms with Gasteiger partial charge < -0.3 is 16.8 Å². The Labute approximate surface area is 181 Å². The van der Waals surface area contributed by atoms with E-state index in [2.05, 4.69) is 21.5 Å². The maximum absolute atomic E-state index is 9.43. The molecule has 0 aliphatic carbocycles. The zero-order chi connectivity index (χ0) is 19.1. The van der Waals surface area contributed by atoms with E-state index in [1.165, 1.54) is 0 Å². The van der Waals surface area contributed by atoms with Gasteiger partial charge in [-0.2, -0.15) is 10.4 Å². The first-order valence-corrected chi connectivity index (χ1v) is 8.64. The van der Waals surface area contributed by atoms with Gasteiger partial charge in [0.15, 0.2) is 5.96 Å². The van der Waals surface area contributed by atoms with Gasteiger partial charge in [0.25, 0.3) is 0 Å². The van der Waals surface area contributed by atoms with Crippen LogP contribution in [-0.4, -0.2) is 22.3 Å². The third-order valence-electron chi connectivity index (χ3n) is 4.01. The van der Waals surface area contributed by atoms with Crippen molar-refractivity contribution in [3.05, 3.63) is 71.9 Å². The average Bonchev–Trinajstić information content (AvgIpc) is 3.02. The SMILES string of the molecule is I.N#Cc1c(CCCN=C(N)Nc2ccccc2)nn(-c2ccccc2)c1N. The van der Waals surface area contributed by atoms with E-state index in [1.807, 2.05) is 60.7 Å². The summed E-state index contributed by atoms with van der Waals surface area (Å²) in [5, 5.41) is 17.0. The molecule has 0 aliphatic heterocycles. The van der Waals surface area contributed by atoms with Crippen molar-refractivity contribution in [1.29, 1.82) is 5.26 Å². The largest absolute Gasteiger partial charge is 0.382 e. The Balaban J connectivity index is 0.00000280. The summed E-state index contributed by atoms with van der Waals surface area (Å²) >= 11 is 0. The van der Waals surface area contributed by atoms with Gasteiger partial charge in [0.05, 0.1) is 11.4 Å². The van der Waals surface area contributed by atoms with Crippen LogP contribution in [0.2, 0.25) is 0 Å². The maximum Gasteiger partial charge on any atom is 0.193 e. The molecule has 0 aliphatic rings. The van der Waals surface area contributed by atoms with Crippen LogP contribution in [0.4, 0.5) is 11.5 Å². The molecule has 5 N–H and O–H groups in total. The number of anilines is 2. The zero-order valence-corrected chi connectivity index (χ0v) is 17.6. The van der Waals surface area contributed by atoms with Crippen LogP contribution in [0.3, 0.4) is 0 Å². The Morgan fingerprint density at radius 3 is 2.39 bits per heavy atom. The summed E-state index contributed by atoms with van der Waals surface area (Å²) < 4.78 is 1.60. The van der Waals surface area contributed by atoms with Gasteiger partial charge in [-0.3, -0.25) is 4.99 Å². The number of nitrogens with two attached hydrogens (primary N) is 2. The molecule has 0 unspecified atom stereocenters. The van der Waals surface area contributed by atoms with Gasteiger partial charge in [0.1, 0.15) is 17.5 Å². The van der Waals surface area contributed by atoms with Gasteiger partial charge in [0, 0.05) is 12.2 Å². The Kier molecular flexibility index (Phi) is 7.83. The first kappa shape index (κ1) is 21.2. The molecule has 0 radical (unpaired) electrons. The van der Waals surface area contributed by atoms with E-state index in [0.717, 1.165) is 11.4 Å². The summed E-state index contributed by atoms with van der Waals surface area (Å²) in [5.41, 5.74) is 14.8. The molecule has 0 bridgehead atoms. The highest BCUT2D eigenvalue weighted by Gasteiger charge is 2.15. The number of aromatic nitrogens is 2. The van der Waals surface area contributed by atoms with E-state index < -0.39 is 0 Å². The van der Waals surface area contributed by atoms with Crippen molar-refractivity contribution in [2.45, 2.75) is 12.8 Å². The quantitative estimate of drug-likeness (QED) is 0.214. The second-order valence-corrected chi connectivity index (χ2v) is 5.93. The predicted octanol–water partition coefficient (Wildman–Crippen LogP) is 3.30. The van der Waals surface area contributed by atoms with Crippen LogP contribution in [-0.2, 0) is 6.42 Å². The van der Waals surface area contributed by atoms with Crippen molar-refractivity contribution in [2.24, 2.45) is 10.7 Å². The first-order valence-electron chi connectivity index (χ1n) is 8.64. The molecule has 144 valence electrons. The molecule has 3 aromatic rings. The van der Waals surface area contributed by atoms with E-state index in [4.69, 9.17) is 11.5 Å². The average molecular weight is 487 g/mol. The Morgan fingerprint density at radius 1 is 1.11 bits per heavy atom. The lowest BCUT2D eigenvalue weighted by molar-refractivity contribution is 0.776. The van der Waals surface area contributed by atoms with Gasteiger partial charge >= 0.3 is 0 Å². The molecule has 0 atom stereocenters. The molecular formula is C20H22IN7. The van der Waals surface area contributed by atoms with Crippen LogP contribution in [0.1, 0.15) is 17.7 Å². The van der Waals surface area contributed by atoms with Gasteiger partial charge in [-0.25, -0.2) is 4.68 Å². The van der Waals surface area contributed by atoms with Crippen LogP contribution in [0, 0.1) is 11.3 Å². The number of aliphatic imine (C=N–C) groups is 1. The summed E-state index contributed by atoms with van der Waals surface area (Å²) in [6.07, 6.45) is 1.30. The zero-order valence-electron chi connectivity index (χ0n) is 15.2. The molecule has 2 aromatic carbocycles. The molecule has 0 saturated carbocycles. The third-order valence-corrected chi connectivity index (χ3v) is 4.01. The second-order valence-electron chi connectivity index (χ2n) is 5.93. The lowest BCUT2D eigenvalue weighted by Gasteiger charge is -2.04. The normalized spacial score (nSPS) is 10.8. The van der Waals surface area contributed by atoms with Crippen LogP contribution < -0.4 is 16.8 Å². The second kappa shape index (κ2) is 10.3. The molecule has 0 fully saturated rings. The van der Waals surface area contributed by atoms with Crippen LogP contribution in [0.5, 0.6) is 0 Å². The monoisotopic (exact) mass is 487 g/mol. The van der Waals surface area contributed by atoms with Gasteiger partial charge in [-0.1, -0.05) is 36.4 Å². The number of nitriles is 1. The number of nitrogens with zero attached hydrogens (tertiary/aromatic N) is 4. The number of halogens is 1. The minimum absolute atomic E-state index is 0. The molecule has 0 saturated heterocycles. The lowest BCUT2D eigenvalue weighted by atomic mass is 10.1. The van der Waals surface area contributed by atoms with E-state index in [0.29, 0.717) is 42.4 Å². The summed E-state index contributed by atoms with van der Waals surface area (Å²) in [6, 6.07) is 21.3. The summed E-state index contributed by atoms with van der Waals surface area (Å²) in [6.45, 7) is 0.522. The smallest absolute Gasteiger partial charge is 0.193 e. The predicted molar refractivity (Wildman–Crippen MR) is 123 cm³/mol. The number of aryl methyl sites for hydroxylation is 1. The summed E-state index contributed by atoms with van der Waals surface area (Å²) in [5.74, 6) is 0.712. The van der Waals surface area contributed by atoms with Crippen molar-refractivity contribution in [3.8, 4) is 11.8 Å². The number of benzene rings is 2. The van der Waals surface area contributed by atoms with Gasteiger partial charge in [-0.15, -0.1) is 24.0 Å². The molecule has 7 nitrogen and oxygen atoms in total. The Hall–Kier alpha value is -3.06. The number of hydrogen-bond donors (Lipinski definition) is 3. The van der Waals surface area contributed by atoms with E-state index in [9.17, 15) is 5.26 Å². The fraction of sp³-hybridized carbons (Fsp3) is 0.150. The van der Waals surface area contributed by atoms with Crippen molar-refractivity contribution >= 4 is 41.4 Å². The van der Waals surface area contributed by atoms with E-state index in [-0.39, 0.29) is 24.0 Å². The minimum Gasteiger partial charge on any atom is -0.382 e. The van der Waals surface area contributed by atoms with Crippen molar-refractivity contribution in [1.82, 2.24) is 9.78 Å². The Morgan fingerprint density at radius 2 is 1.75 bits per heavy atom. The summed E-state index contributed by atoms with van der Waals surface area (Å²) in [7, 11) is 0. The van der Waals surface area contributed by atoms with Crippen molar-refractivity contribution < 1.29 is 0 Å². The molecular weight excluding hydrogens is 465 g/mol. The van der Waals surface area contributed by atoms with Gasteiger partial charge in [0.2, 0.25) is 0 Å².